The highest BCUT2D eigenvalue weighted by molar-refractivity contribution is 8.15. The fourth-order valence-electron chi connectivity index (χ4n) is 3.75. The first-order valence-electron chi connectivity index (χ1n) is 11.1. The van der Waals surface area contributed by atoms with E-state index in [0.717, 1.165) is 23.4 Å². The largest absolute Gasteiger partial charge is 0.384 e. The van der Waals surface area contributed by atoms with Gasteiger partial charge in [0.1, 0.15) is 0 Å². The van der Waals surface area contributed by atoms with Crippen LogP contribution in [0.4, 0.5) is 11.4 Å². The van der Waals surface area contributed by atoms with E-state index in [1.165, 1.54) is 11.8 Å². The Morgan fingerprint density at radius 3 is 2.30 bits per heavy atom. The molecule has 0 bridgehead atoms. The molecule has 168 valence electrons. The summed E-state index contributed by atoms with van der Waals surface area (Å²) in [5, 5.41) is 3.73. The van der Waals surface area contributed by atoms with Gasteiger partial charge in [0, 0.05) is 12.1 Å². The minimum atomic E-state index is -0.242. The zero-order valence-corrected chi connectivity index (χ0v) is 19.6. The predicted octanol–water partition coefficient (Wildman–Crippen LogP) is 5.70. The van der Waals surface area contributed by atoms with Gasteiger partial charge in [0.05, 0.1) is 23.2 Å². The quantitative estimate of drug-likeness (QED) is 0.441. The Balaban J connectivity index is 1.71. The van der Waals surface area contributed by atoms with Gasteiger partial charge < -0.3 is 5.32 Å². The second kappa shape index (κ2) is 10.5. The van der Waals surface area contributed by atoms with E-state index < -0.39 is 0 Å². The highest BCUT2D eigenvalue weighted by Crippen LogP contribution is 2.35. The minimum absolute atomic E-state index is 0.0160. The van der Waals surface area contributed by atoms with Crippen molar-refractivity contribution in [3.05, 3.63) is 95.6 Å². The molecule has 1 aliphatic heterocycles. The lowest BCUT2D eigenvalue weighted by Crippen LogP contribution is -2.32. The third kappa shape index (κ3) is 5.52. The lowest BCUT2D eigenvalue weighted by atomic mass is 10.1. The molecule has 4 rings (SSSR count). The van der Waals surface area contributed by atoms with Crippen LogP contribution < -0.4 is 5.32 Å². The van der Waals surface area contributed by atoms with Crippen molar-refractivity contribution >= 4 is 40.0 Å². The van der Waals surface area contributed by atoms with Crippen molar-refractivity contribution in [2.45, 2.75) is 32.1 Å². The molecule has 1 N–H and O–H groups in total. The van der Waals surface area contributed by atoms with Gasteiger partial charge in [-0.1, -0.05) is 72.4 Å². The number of Topliss-reactive ketones (excluding diaryl/α,β-unsaturated/α-hetero) is 1. The number of rotatable bonds is 8. The Morgan fingerprint density at radius 2 is 1.67 bits per heavy atom. The summed E-state index contributed by atoms with van der Waals surface area (Å²) in [6.07, 6.45) is 0.641. The lowest BCUT2D eigenvalue weighted by Gasteiger charge is -2.17. The molecule has 1 atom stereocenters. The van der Waals surface area contributed by atoms with Gasteiger partial charge in [-0.3, -0.25) is 14.5 Å². The van der Waals surface area contributed by atoms with Crippen LogP contribution in [-0.2, 0) is 17.8 Å². The fraction of sp³-hybridized carbons (Fsp3) is 0.222. The van der Waals surface area contributed by atoms with Gasteiger partial charge in [0.2, 0.25) is 5.91 Å². The van der Waals surface area contributed by atoms with Crippen LogP contribution in [0.3, 0.4) is 0 Å². The summed E-state index contributed by atoms with van der Waals surface area (Å²) in [6, 6.07) is 25.5. The van der Waals surface area contributed by atoms with Crippen LogP contribution in [-0.4, -0.2) is 33.6 Å². The Labute approximate surface area is 198 Å². The molecule has 1 amide bonds. The molecule has 0 aliphatic carbocycles. The summed E-state index contributed by atoms with van der Waals surface area (Å²) in [4.78, 5) is 32.1. The molecule has 5 nitrogen and oxygen atoms in total. The maximum absolute atomic E-state index is 13.5. The second-order valence-corrected chi connectivity index (χ2v) is 9.09. The van der Waals surface area contributed by atoms with Crippen molar-refractivity contribution in [3.8, 4) is 0 Å². The number of hydrogen-bond acceptors (Lipinski definition) is 5. The van der Waals surface area contributed by atoms with Crippen LogP contribution in [0.1, 0.15) is 35.3 Å². The van der Waals surface area contributed by atoms with Crippen molar-refractivity contribution in [3.63, 3.8) is 0 Å². The smallest absolute Gasteiger partial charge is 0.242 e. The number of aliphatic imine (C=N–C) groups is 1. The van der Waals surface area contributed by atoms with Crippen molar-refractivity contribution < 1.29 is 9.59 Å². The van der Waals surface area contributed by atoms with Gasteiger partial charge in [-0.05, 0) is 49.6 Å². The lowest BCUT2D eigenvalue weighted by molar-refractivity contribution is -0.126. The number of amidine groups is 1. The number of carbonyl (C=O) groups is 2. The molecular formula is C27H27N3O2S. The topological polar surface area (TPSA) is 61.8 Å². The number of ketones is 1. The number of benzene rings is 3. The molecule has 3 aromatic rings. The zero-order chi connectivity index (χ0) is 23.2. The zero-order valence-electron chi connectivity index (χ0n) is 18.8. The Bertz CT molecular complexity index is 1160. The van der Waals surface area contributed by atoms with Crippen LogP contribution in [0.5, 0.6) is 0 Å². The van der Waals surface area contributed by atoms with E-state index in [4.69, 9.17) is 4.99 Å². The van der Waals surface area contributed by atoms with E-state index in [1.807, 2.05) is 73.7 Å². The van der Waals surface area contributed by atoms with Crippen molar-refractivity contribution in [2.75, 3.05) is 11.9 Å². The molecule has 0 aromatic heterocycles. The summed E-state index contributed by atoms with van der Waals surface area (Å²) < 4.78 is 0. The molecule has 1 fully saturated rings. The van der Waals surface area contributed by atoms with Gasteiger partial charge in [-0.2, -0.15) is 0 Å². The van der Waals surface area contributed by atoms with Crippen LogP contribution in [0.15, 0.2) is 83.9 Å². The Morgan fingerprint density at radius 1 is 1.00 bits per heavy atom. The second-order valence-electron chi connectivity index (χ2n) is 7.92. The van der Waals surface area contributed by atoms with Crippen molar-refractivity contribution in [1.29, 1.82) is 0 Å². The summed E-state index contributed by atoms with van der Waals surface area (Å²) in [5.41, 5.74) is 4.27. The number of nitrogens with zero attached hydrogens (tertiary/aromatic N) is 2. The van der Waals surface area contributed by atoms with Gasteiger partial charge in [0.25, 0.3) is 0 Å². The van der Waals surface area contributed by atoms with E-state index in [2.05, 4.69) is 5.32 Å². The SMILES string of the molecule is CCNc1ccc(C(C)=O)cc1/N=C1\SC(Cc2ccccc2)C(=O)N1Cc1ccccc1. The molecule has 0 saturated carbocycles. The molecule has 3 aromatic carbocycles. The average Bonchev–Trinajstić information content (AvgIpc) is 3.10. The predicted molar refractivity (Wildman–Crippen MR) is 136 cm³/mol. The highest BCUT2D eigenvalue weighted by atomic mass is 32.2. The van der Waals surface area contributed by atoms with Crippen LogP contribution in [0, 0.1) is 0 Å². The number of carbonyl (C=O) groups excluding carboxylic acids is 2. The van der Waals surface area contributed by atoms with Crippen LogP contribution in [0.25, 0.3) is 0 Å². The van der Waals surface area contributed by atoms with Gasteiger partial charge in [0.15, 0.2) is 11.0 Å². The van der Waals surface area contributed by atoms with Gasteiger partial charge in [-0.15, -0.1) is 0 Å². The monoisotopic (exact) mass is 457 g/mol. The molecule has 33 heavy (non-hydrogen) atoms. The van der Waals surface area contributed by atoms with Gasteiger partial charge >= 0.3 is 0 Å². The highest BCUT2D eigenvalue weighted by Gasteiger charge is 2.38. The molecule has 0 spiro atoms. The molecule has 1 saturated heterocycles. The maximum Gasteiger partial charge on any atom is 0.242 e. The summed E-state index contributed by atoms with van der Waals surface area (Å²) >= 11 is 1.49. The molecule has 6 heteroatoms. The number of anilines is 1. The summed E-state index contributed by atoms with van der Waals surface area (Å²) in [7, 11) is 0. The minimum Gasteiger partial charge on any atom is -0.384 e. The first-order chi connectivity index (χ1) is 16.0. The summed E-state index contributed by atoms with van der Waals surface area (Å²) in [5.74, 6) is 0.0388. The van der Waals surface area contributed by atoms with Crippen LogP contribution in [0.2, 0.25) is 0 Å². The number of nitrogens with one attached hydrogen (secondary N) is 1. The molecule has 1 heterocycles. The Kier molecular flexibility index (Phi) is 7.25. The van der Waals surface area contributed by atoms with Crippen LogP contribution >= 0.6 is 11.8 Å². The number of amides is 1. The first kappa shape index (κ1) is 22.8. The molecule has 0 radical (unpaired) electrons. The van der Waals surface area contributed by atoms with Crippen molar-refractivity contribution in [2.24, 2.45) is 4.99 Å². The normalized spacial score (nSPS) is 16.9. The maximum atomic E-state index is 13.5. The third-order valence-corrected chi connectivity index (χ3v) is 6.63. The first-order valence-corrected chi connectivity index (χ1v) is 12.0. The van der Waals surface area contributed by atoms with E-state index in [1.54, 1.807) is 24.0 Å². The average molecular weight is 458 g/mol. The third-order valence-electron chi connectivity index (χ3n) is 5.46. The fourth-order valence-corrected chi connectivity index (χ4v) is 4.94. The molecule has 1 unspecified atom stereocenters. The van der Waals surface area contributed by atoms with E-state index in [0.29, 0.717) is 29.4 Å². The Hall–Kier alpha value is -3.38. The standard InChI is InChI=1S/C27H27N3O2S/c1-3-28-23-15-14-22(19(2)31)17-24(23)29-27-30(18-21-12-8-5-9-13-21)26(32)25(33-27)16-20-10-6-4-7-11-20/h4-15,17,25,28H,3,16,18H2,1-2H3/b29-27-. The summed E-state index contributed by atoms with van der Waals surface area (Å²) in [6.45, 7) is 4.75. The molecule has 1 aliphatic rings. The van der Waals surface area contributed by atoms with E-state index in [9.17, 15) is 9.59 Å². The number of thioether (sulfide) groups is 1. The van der Waals surface area contributed by atoms with E-state index >= 15 is 0 Å². The van der Waals surface area contributed by atoms with Gasteiger partial charge in [-0.25, -0.2) is 4.99 Å². The van der Waals surface area contributed by atoms with E-state index in [-0.39, 0.29) is 16.9 Å². The van der Waals surface area contributed by atoms with Crippen molar-refractivity contribution in [1.82, 2.24) is 4.90 Å². The molecular weight excluding hydrogens is 430 g/mol. The number of hydrogen-bond donors (Lipinski definition) is 1.